The van der Waals surface area contributed by atoms with Crippen molar-refractivity contribution in [1.29, 1.82) is 0 Å². The molecule has 1 heterocycles. The fourth-order valence-corrected chi connectivity index (χ4v) is 3.47. The summed E-state index contributed by atoms with van der Waals surface area (Å²) >= 11 is 0. The highest BCUT2D eigenvalue weighted by Gasteiger charge is 2.32. The first-order chi connectivity index (χ1) is 8.18. The normalized spacial score (nSPS) is 32.3. The number of nitrogens with two attached hydrogens (primary N) is 1. The first-order valence-electron chi connectivity index (χ1n) is 7.33. The van der Waals surface area contributed by atoms with Gasteiger partial charge in [-0.3, -0.25) is 4.90 Å². The minimum Gasteiger partial charge on any atom is -0.326 e. The van der Waals surface area contributed by atoms with Gasteiger partial charge < -0.3 is 10.6 Å². The monoisotopic (exact) mass is 239 g/mol. The van der Waals surface area contributed by atoms with Gasteiger partial charge in [0.05, 0.1) is 0 Å². The molecule has 2 rings (SSSR count). The van der Waals surface area contributed by atoms with Crippen LogP contribution in [0.15, 0.2) is 0 Å². The molecule has 1 saturated heterocycles. The summed E-state index contributed by atoms with van der Waals surface area (Å²) in [4.78, 5) is 4.91. The standard InChI is InChI=1S/C14H29N3/c1-16-9-10-17(2)13(11-16)14(15)12-7-5-3-4-6-8-12/h12-14H,3-11,15H2,1-2H3. The van der Waals surface area contributed by atoms with Crippen molar-refractivity contribution in [2.24, 2.45) is 11.7 Å². The number of piperazine rings is 1. The van der Waals surface area contributed by atoms with E-state index >= 15 is 0 Å². The SMILES string of the molecule is CN1CCN(C)C(C(N)C2CCCCCC2)C1. The van der Waals surface area contributed by atoms with E-state index in [2.05, 4.69) is 23.9 Å². The van der Waals surface area contributed by atoms with Crippen LogP contribution in [0.5, 0.6) is 0 Å². The molecule has 0 aromatic heterocycles. The molecule has 1 aliphatic carbocycles. The van der Waals surface area contributed by atoms with Gasteiger partial charge in [0, 0.05) is 31.7 Å². The van der Waals surface area contributed by atoms with Crippen LogP contribution in [0.4, 0.5) is 0 Å². The molecule has 0 radical (unpaired) electrons. The van der Waals surface area contributed by atoms with Crippen LogP contribution < -0.4 is 5.73 Å². The van der Waals surface area contributed by atoms with Crippen molar-refractivity contribution in [3.63, 3.8) is 0 Å². The Balaban J connectivity index is 1.94. The lowest BCUT2D eigenvalue weighted by Gasteiger charge is -2.43. The molecule has 2 atom stereocenters. The van der Waals surface area contributed by atoms with Crippen molar-refractivity contribution in [2.45, 2.75) is 50.6 Å². The van der Waals surface area contributed by atoms with Crippen LogP contribution >= 0.6 is 0 Å². The summed E-state index contributed by atoms with van der Waals surface area (Å²) in [7, 11) is 4.47. The third kappa shape index (κ3) is 3.43. The second-order valence-corrected chi connectivity index (χ2v) is 6.14. The van der Waals surface area contributed by atoms with Crippen LogP contribution in [0.1, 0.15) is 38.5 Å². The van der Waals surface area contributed by atoms with Gasteiger partial charge in [0.25, 0.3) is 0 Å². The number of hydrogen-bond donors (Lipinski definition) is 1. The molecule has 1 saturated carbocycles. The first kappa shape index (κ1) is 13.3. The van der Waals surface area contributed by atoms with E-state index < -0.39 is 0 Å². The van der Waals surface area contributed by atoms with Gasteiger partial charge in [-0.1, -0.05) is 25.7 Å². The predicted octanol–water partition coefficient (Wildman–Crippen LogP) is 1.53. The van der Waals surface area contributed by atoms with Crippen LogP contribution in [0, 0.1) is 5.92 Å². The summed E-state index contributed by atoms with van der Waals surface area (Å²) in [5.74, 6) is 0.761. The smallest absolute Gasteiger partial charge is 0.0374 e. The van der Waals surface area contributed by atoms with Crippen molar-refractivity contribution >= 4 is 0 Å². The zero-order valence-corrected chi connectivity index (χ0v) is 11.6. The molecule has 0 spiro atoms. The molecule has 3 heteroatoms. The van der Waals surface area contributed by atoms with Gasteiger partial charge in [-0.15, -0.1) is 0 Å². The zero-order valence-electron chi connectivity index (χ0n) is 11.6. The number of likely N-dealkylation sites (N-methyl/N-ethyl adjacent to an activating group) is 2. The third-order valence-corrected chi connectivity index (χ3v) is 4.79. The van der Waals surface area contributed by atoms with Gasteiger partial charge in [-0.2, -0.15) is 0 Å². The third-order valence-electron chi connectivity index (χ3n) is 4.79. The Morgan fingerprint density at radius 2 is 1.65 bits per heavy atom. The summed E-state index contributed by atoms with van der Waals surface area (Å²) < 4.78 is 0. The molecular formula is C14H29N3. The molecule has 2 aliphatic rings. The Morgan fingerprint density at radius 3 is 2.29 bits per heavy atom. The van der Waals surface area contributed by atoms with E-state index in [1.807, 2.05) is 0 Å². The van der Waals surface area contributed by atoms with Gasteiger partial charge in [-0.25, -0.2) is 0 Å². The summed E-state index contributed by atoms with van der Waals surface area (Å²) in [5.41, 5.74) is 6.58. The van der Waals surface area contributed by atoms with E-state index in [9.17, 15) is 0 Å². The molecule has 2 unspecified atom stereocenters. The zero-order chi connectivity index (χ0) is 12.3. The molecule has 2 fully saturated rings. The van der Waals surface area contributed by atoms with Gasteiger partial charge in [0.15, 0.2) is 0 Å². The molecule has 0 amide bonds. The highest BCUT2D eigenvalue weighted by Crippen LogP contribution is 2.27. The van der Waals surface area contributed by atoms with Crippen molar-refractivity contribution in [3.8, 4) is 0 Å². The molecule has 17 heavy (non-hydrogen) atoms. The molecule has 1 aliphatic heterocycles. The number of nitrogens with zero attached hydrogens (tertiary/aromatic N) is 2. The lowest BCUT2D eigenvalue weighted by atomic mass is 9.86. The average Bonchev–Trinajstić information content (AvgIpc) is 2.60. The first-order valence-corrected chi connectivity index (χ1v) is 7.33. The minimum atomic E-state index is 0.376. The largest absolute Gasteiger partial charge is 0.326 e. The van der Waals surface area contributed by atoms with Crippen molar-refractivity contribution in [3.05, 3.63) is 0 Å². The van der Waals surface area contributed by atoms with E-state index in [4.69, 9.17) is 5.73 Å². The number of hydrogen-bond acceptors (Lipinski definition) is 3. The Kier molecular flexibility index (Phi) is 4.83. The number of rotatable bonds is 2. The summed E-state index contributed by atoms with van der Waals surface area (Å²) in [6.45, 7) is 3.50. The Morgan fingerprint density at radius 1 is 1.00 bits per heavy atom. The van der Waals surface area contributed by atoms with Crippen LogP contribution in [-0.4, -0.2) is 55.6 Å². The topological polar surface area (TPSA) is 32.5 Å². The molecule has 100 valence electrons. The predicted molar refractivity (Wildman–Crippen MR) is 73.1 cm³/mol. The Bertz CT molecular complexity index is 224. The highest BCUT2D eigenvalue weighted by atomic mass is 15.3. The second-order valence-electron chi connectivity index (χ2n) is 6.14. The lowest BCUT2D eigenvalue weighted by Crippen LogP contribution is -2.59. The van der Waals surface area contributed by atoms with Crippen molar-refractivity contribution in [1.82, 2.24) is 9.80 Å². The summed E-state index contributed by atoms with van der Waals surface area (Å²) in [6, 6.07) is 0.942. The van der Waals surface area contributed by atoms with E-state index in [0.29, 0.717) is 12.1 Å². The molecular weight excluding hydrogens is 210 g/mol. The maximum Gasteiger partial charge on any atom is 0.0374 e. The Labute approximate surface area is 106 Å². The fourth-order valence-electron chi connectivity index (χ4n) is 3.47. The van der Waals surface area contributed by atoms with E-state index in [1.165, 1.54) is 51.6 Å². The minimum absolute atomic E-state index is 0.376. The fraction of sp³-hybridized carbons (Fsp3) is 1.00. The highest BCUT2D eigenvalue weighted by molar-refractivity contribution is 4.91. The summed E-state index contributed by atoms with van der Waals surface area (Å²) in [6.07, 6.45) is 8.34. The summed E-state index contributed by atoms with van der Waals surface area (Å²) in [5, 5.41) is 0. The maximum atomic E-state index is 6.58. The average molecular weight is 239 g/mol. The van der Waals surface area contributed by atoms with Gasteiger partial charge in [0.2, 0.25) is 0 Å². The molecule has 0 bridgehead atoms. The second kappa shape index (κ2) is 6.17. The van der Waals surface area contributed by atoms with Crippen LogP contribution in [0.25, 0.3) is 0 Å². The van der Waals surface area contributed by atoms with E-state index in [1.54, 1.807) is 0 Å². The van der Waals surface area contributed by atoms with Crippen molar-refractivity contribution < 1.29 is 0 Å². The van der Waals surface area contributed by atoms with Gasteiger partial charge in [-0.05, 0) is 32.9 Å². The lowest BCUT2D eigenvalue weighted by molar-refractivity contribution is 0.0792. The molecule has 2 N–H and O–H groups in total. The van der Waals surface area contributed by atoms with Crippen LogP contribution in [0.2, 0.25) is 0 Å². The van der Waals surface area contributed by atoms with Crippen LogP contribution in [-0.2, 0) is 0 Å². The van der Waals surface area contributed by atoms with Crippen molar-refractivity contribution in [2.75, 3.05) is 33.7 Å². The van der Waals surface area contributed by atoms with Crippen LogP contribution in [0.3, 0.4) is 0 Å². The van der Waals surface area contributed by atoms with Gasteiger partial charge >= 0.3 is 0 Å². The molecule has 0 aromatic carbocycles. The van der Waals surface area contributed by atoms with E-state index in [0.717, 1.165) is 12.5 Å². The molecule has 0 aromatic rings. The maximum absolute atomic E-state index is 6.58. The van der Waals surface area contributed by atoms with Gasteiger partial charge in [0.1, 0.15) is 0 Å². The molecule has 3 nitrogen and oxygen atoms in total. The quantitative estimate of drug-likeness (QED) is 0.742. The van der Waals surface area contributed by atoms with E-state index in [-0.39, 0.29) is 0 Å². The Hall–Kier alpha value is -0.120.